The summed E-state index contributed by atoms with van der Waals surface area (Å²) in [6, 6.07) is 14.6. The van der Waals surface area contributed by atoms with Gasteiger partial charge in [-0.25, -0.2) is 0 Å². The van der Waals surface area contributed by atoms with Crippen molar-refractivity contribution in [1.29, 1.82) is 0 Å². The molecule has 0 aromatic heterocycles. The monoisotopic (exact) mass is 453 g/mol. The molecule has 6 heteroatoms. The molecule has 5 nitrogen and oxygen atoms in total. The second kappa shape index (κ2) is 9.41. The first-order chi connectivity index (χ1) is 12.0. The van der Waals surface area contributed by atoms with Gasteiger partial charge in [0, 0.05) is 3.57 Å². The Morgan fingerprint density at radius 1 is 1.08 bits per heavy atom. The van der Waals surface area contributed by atoms with Crippen LogP contribution in [0.5, 0.6) is 5.75 Å². The molecule has 0 aliphatic rings. The minimum Gasteiger partial charge on any atom is -0.484 e. The second-order valence-electron chi connectivity index (χ2n) is 5.55. The Bertz CT molecular complexity index is 713. The Morgan fingerprint density at radius 2 is 1.72 bits per heavy atom. The lowest BCUT2D eigenvalue weighted by molar-refractivity contribution is -0.141. The van der Waals surface area contributed by atoms with Crippen molar-refractivity contribution >= 4 is 34.5 Å². The molecule has 0 saturated heterocycles. The second-order valence-corrected chi connectivity index (χ2v) is 6.80. The number of nitrogens with one attached hydrogen (secondary N) is 1. The molecule has 0 aliphatic heterocycles. The summed E-state index contributed by atoms with van der Waals surface area (Å²) in [4.78, 5) is 23.9. The molecule has 2 aromatic rings. The maximum absolute atomic E-state index is 12.2. The molecule has 0 aliphatic carbocycles. The lowest BCUT2D eigenvalue weighted by Gasteiger charge is -2.18. The third-order valence-corrected chi connectivity index (χ3v) is 4.32. The van der Waals surface area contributed by atoms with Crippen molar-refractivity contribution in [3.05, 3.63) is 63.2 Å². The van der Waals surface area contributed by atoms with Crippen molar-refractivity contribution in [3.63, 3.8) is 0 Å². The number of ether oxygens (including phenoxy) is 2. The molecule has 0 radical (unpaired) electrons. The number of carbonyl (C=O) groups is 2. The van der Waals surface area contributed by atoms with Crippen molar-refractivity contribution in [1.82, 2.24) is 5.32 Å². The van der Waals surface area contributed by atoms with Crippen LogP contribution in [-0.2, 0) is 14.3 Å². The highest BCUT2D eigenvalue weighted by Gasteiger charge is 2.19. The molecule has 1 N–H and O–H groups in total. The first kappa shape index (κ1) is 19.2. The van der Waals surface area contributed by atoms with E-state index in [2.05, 4.69) is 27.9 Å². The first-order valence-corrected chi connectivity index (χ1v) is 8.87. The Labute approximate surface area is 160 Å². The number of hydrogen-bond donors (Lipinski definition) is 1. The Hall–Kier alpha value is -2.09. The molecule has 2 rings (SSSR count). The summed E-state index contributed by atoms with van der Waals surface area (Å²) in [5, 5.41) is 2.83. The van der Waals surface area contributed by atoms with E-state index in [9.17, 15) is 9.59 Å². The number of methoxy groups -OCH3 is 1. The zero-order valence-corrected chi connectivity index (χ0v) is 16.3. The first-order valence-electron chi connectivity index (χ1n) is 7.79. The van der Waals surface area contributed by atoms with E-state index in [0.29, 0.717) is 5.75 Å². The van der Waals surface area contributed by atoms with Gasteiger partial charge >= 0.3 is 5.97 Å². The minimum atomic E-state index is -0.458. The zero-order valence-electron chi connectivity index (χ0n) is 14.1. The van der Waals surface area contributed by atoms with Crippen LogP contribution in [0.2, 0.25) is 0 Å². The van der Waals surface area contributed by atoms with Gasteiger partial charge in [-0.3, -0.25) is 9.59 Å². The Kier molecular flexibility index (Phi) is 7.24. The molecule has 2 aromatic carbocycles. The van der Waals surface area contributed by atoms with Gasteiger partial charge in [-0.15, -0.1) is 0 Å². The van der Waals surface area contributed by atoms with Crippen molar-refractivity contribution < 1.29 is 19.1 Å². The van der Waals surface area contributed by atoms with Crippen LogP contribution in [0, 0.1) is 10.5 Å². The topological polar surface area (TPSA) is 64.6 Å². The van der Waals surface area contributed by atoms with Gasteiger partial charge in [0.25, 0.3) is 5.91 Å². The van der Waals surface area contributed by atoms with Crippen LogP contribution < -0.4 is 10.1 Å². The smallest absolute Gasteiger partial charge is 0.307 e. The average molecular weight is 453 g/mol. The third-order valence-electron chi connectivity index (χ3n) is 3.60. The minimum absolute atomic E-state index is 0.0643. The molecule has 1 unspecified atom stereocenters. The highest BCUT2D eigenvalue weighted by atomic mass is 127. The molecule has 25 heavy (non-hydrogen) atoms. The molecule has 132 valence electrons. The van der Waals surface area contributed by atoms with Crippen molar-refractivity contribution in [3.8, 4) is 5.75 Å². The summed E-state index contributed by atoms with van der Waals surface area (Å²) in [5.41, 5.74) is 1.95. The van der Waals surface area contributed by atoms with Crippen LogP contribution in [0.15, 0.2) is 48.5 Å². The van der Waals surface area contributed by atoms with Gasteiger partial charge < -0.3 is 14.8 Å². The standard InChI is InChI=1S/C19H20INO4/c1-13-3-5-14(6-4-13)17(11-19(23)24-2)21-18(22)12-25-16-9-7-15(20)8-10-16/h3-10,17H,11-12H2,1-2H3,(H,21,22). The largest absolute Gasteiger partial charge is 0.484 e. The zero-order chi connectivity index (χ0) is 18.2. The number of aryl methyl sites for hydroxylation is 1. The average Bonchev–Trinajstić information content (AvgIpc) is 2.61. The fourth-order valence-electron chi connectivity index (χ4n) is 2.22. The van der Waals surface area contributed by atoms with E-state index >= 15 is 0 Å². The highest BCUT2D eigenvalue weighted by molar-refractivity contribution is 14.1. The molecule has 0 saturated carbocycles. The quantitative estimate of drug-likeness (QED) is 0.516. The van der Waals surface area contributed by atoms with Gasteiger partial charge in [-0.1, -0.05) is 29.8 Å². The molecule has 0 bridgehead atoms. The van der Waals surface area contributed by atoms with Crippen LogP contribution in [0.1, 0.15) is 23.6 Å². The van der Waals surface area contributed by atoms with Gasteiger partial charge in [0.15, 0.2) is 6.61 Å². The predicted molar refractivity (Wildman–Crippen MR) is 103 cm³/mol. The molecule has 1 amide bonds. The Balaban J connectivity index is 1.99. The molecule has 0 heterocycles. The number of esters is 1. The maximum Gasteiger partial charge on any atom is 0.307 e. The fourth-order valence-corrected chi connectivity index (χ4v) is 2.58. The van der Waals surface area contributed by atoms with Gasteiger partial charge in [-0.05, 0) is 59.3 Å². The SMILES string of the molecule is COC(=O)CC(NC(=O)COc1ccc(I)cc1)c1ccc(C)cc1. The van der Waals surface area contributed by atoms with E-state index in [-0.39, 0.29) is 24.9 Å². The number of rotatable bonds is 7. The fraction of sp³-hybridized carbons (Fsp3) is 0.263. The van der Waals surface area contributed by atoms with Gasteiger partial charge in [-0.2, -0.15) is 0 Å². The van der Waals surface area contributed by atoms with Crippen LogP contribution in [-0.4, -0.2) is 25.6 Å². The lowest BCUT2D eigenvalue weighted by Crippen LogP contribution is -2.34. The number of carbonyl (C=O) groups excluding carboxylic acids is 2. The third kappa shape index (κ3) is 6.38. The van der Waals surface area contributed by atoms with Crippen molar-refractivity contribution in [2.24, 2.45) is 0 Å². The number of halogens is 1. The molecular weight excluding hydrogens is 433 g/mol. The van der Waals surface area contributed by atoms with E-state index in [4.69, 9.17) is 9.47 Å². The van der Waals surface area contributed by atoms with E-state index in [1.54, 1.807) is 12.1 Å². The lowest BCUT2D eigenvalue weighted by atomic mass is 10.0. The van der Waals surface area contributed by atoms with Gasteiger partial charge in [0.1, 0.15) is 5.75 Å². The summed E-state index contributed by atoms with van der Waals surface area (Å²) >= 11 is 2.20. The van der Waals surface area contributed by atoms with Crippen LogP contribution >= 0.6 is 22.6 Å². The summed E-state index contributed by atoms with van der Waals surface area (Å²) in [5.74, 6) is -0.0622. The maximum atomic E-state index is 12.2. The number of amides is 1. The van der Waals surface area contributed by atoms with Crippen LogP contribution in [0.4, 0.5) is 0 Å². The molecular formula is C19H20INO4. The van der Waals surface area contributed by atoms with Crippen molar-refractivity contribution in [2.45, 2.75) is 19.4 Å². The molecule has 1 atom stereocenters. The number of benzene rings is 2. The number of hydrogen-bond acceptors (Lipinski definition) is 4. The Morgan fingerprint density at radius 3 is 2.32 bits per heavy atom. The van der Waals surface area contributed by atoms with Crippen LogP contribution in [0.25, 0.3) is 0 Å². The van der Waals surface area contributed by atoms with E-state index in [1.807, 2.05) is 43.3 Å². The van der Waals surface area contributed by atoms with E-state index in [0.717, 1.165) is 14.7 Å². The highest BCUT2D eigenvalue weighted by Crippen LogP contribution is 2.18. The summed E-state index contributed by atoms with van der Waals surface area (Å²) < 4.78 is 11.3. The summed E-state index contributed by atoms with van der Waals surface area (Å²) in [7, 11) is 1.33. The van der Waals surface area contributed by atoms with E-state index in [1.165, 1.54) is 7.11 Å². The normalized spacial score (nSPS) is 11.5. The molecule has 0 spiro atoms. The summed E-state index contributed by atoms with van der Waals surface area (Å²) in [6.07, 6.45) is 0.0643. The van der Waals surface area contributed by atoms with Gasteiger partial charge in [0.05, 0.1) is 19.6 Å². The van der Waals surface area contributed by atoms with E-state index < -0.39 is 6.04 Å². The summed E-state index contributed by atoms with van der Waals surface area (Å²) in [6.45, 7) is 1.86. The van der Waals surface area contributed by atoms with Crippen molar-refractivity contribution in [2.75, 3.05) is 13.7 Å². The molecule has 0 fully saturated rings. The van der Waals surface area contributed by atoms with Crippen LogP contribution in [0.3, 0.4) is 0 Å². The van der Waals surface area contributed by atoms with Gasteiger partial charge in [0.2, 0.25) is 0 Å². The predicted octanol–water partition coefficient (Wildman–Crippen LogP) is 3.40.